The predicted octanol–water partition coefficient (Wildman–Crippen LogP) is 3.44. The number of halogens is 1. The fourth-order valence-corrected chi connectivity index (χ4v) is 2.58. The van der Waals surface area contributed by atoms with Crippen molar-refractivity contribution < 1.29 is 9.53 Å². The Balaban J connectivity index is 2.08. The molecule has 3 rings (SSSR count). The topological polar surface area (TPSA) is 81.4 Å². The number of aromatic nitrogens is 4. The van der Waals surface area contributed by atoms with Crippen molar-refractivity contribution >= 4 is 28.9 Å². The van der Waals surface area contributed by atoms with Crippen LogP contribution in [0.15, 0.2) is 30.9 Å². The molecule has 0 saturated carbocycles. The molecule has 0 aromatic carbocycles. The van der Waals surface area contributed by atoms with E-state index >= 15 is 0 Å². The monoisotopic (exact) mass is 359 g/mol. The molecule has 1 N–H and O–H groups in total. The Labute approximate surface area is 150 Å². The zero-order valence-corrected chi connectivity index (χ0v) is 14.9. The van der Waals surface area contributed by atoms with Gasteiger partial charge in [0.25, 0.3) is 0 Å². The Morgan fingerprint density at radius 1 is 1.32 bits per heavy atom. The molecule has 3 heterocycles. The second-order valence-electron chi connectivity index (χ2n) is 5.73. The molecule has 0 aliphatic carbocycles. The van der Waals surface area contributed by atoms with E-state index < -0.39 is 5.97 Å². The van der Waals surface area contributed by atoms with Crippen LogP contribution in [0.5, 0.6) is 0 Å². The van der Waals surface area contributed by atoms with Crippen LogP contribution in [0, 0.1) is 0 Å². The van der Waals surface area contributed by atoms with E-state index in [9.17, 15) is 4.79 Å². The van der Waals surface area contributed by atoms with E-state index in [2.05, 4.69) is 20.4 Å². The van der Waals surface area contributed by atoms with Gasteiger partial charge >= 0.3 is 5.97 Å². The summed E-state index contributed by atoms with van der Waals surface area (Å²) in [5.74, 6) is -0.408. The van der Waals surface area contributed by atoms with Crippen molar-refractivity contribution in [3.8, 4) is 11.3 Å². The molecule has 0 fully saturated rings. The number of fused-ring (bicyclic) bond motifs is 1. The Hall–Kier alpha value is -2.67. The molecule has 0 unspecified atom stereocenters. The minimum absolute atomic E-state index is 0.143. The first kappa shape index (κ1) is 17.2. The van der Waals surface area contributed by atoms with Gasteiger partial charge in [-0.15, -0.1) is 0 Å². The van der Waals surface area contributed by atoms with Gasteiger partial charge in [0.05, 0.1) is 41.0 Å². The van der Waals surface area contributed by atoms with Gasteiger partial charge in [-0.1, -0.05) is 11.6 Å². The van der Waals surface area contributed by atoms with Gasteiger partial charge in [-0.3, -0.25) is 4.98 Å². The Morgan fingerprint density at radius 2 is 2.12 bits per heavy atom. The Kier molecular flexibility index (Phi) is 4.85. The first-order valence-electron chi connectivity index (χ1n) is 7.92. The first-order valence-corrected chi connectivity index (χ1v) is 8.30. The summed E-state index contributed by atoms with van der Waals surface area (Å²) in [6.07, 6.45) is 6.41. The highest BCUT2D eigenvalue weighted by molar-refractivity contribution is 6.30. The molecule has 0 atom stereocenters. The van der Waals surface area contributed by atoms with Gasteiger partial charge in [0.2, 0.25) is 0 Å². The summed E-state index contributed by atoms with van der Waals surface area (Å²) >= 11 is 5.94. The third kappa shape index (κ3) is 3.56. The van der Waals surface area contributed by atoms with E-state index in [1.807, 2.05) is 13.8 Å². The van der Waals surface area contributed by atoms with Crippen LogP contribution in [0.1, 0.15) is 31.1 Å². The lowest BCUT2D eigenvalue weighted by molar-refractivity contribution is 0.0527. The van der Waals surface area contributed by atoms with Crippen LogP contribution in [-0.2, 0) is 4.74 Å². The number of carbonyl (C=O) groups excluding carboxylic acids is 1. The second kappa shape index (κ2) is 7.06. The number of nitrogens with one attached hydrogen (secondary N) is 1. The number of carbonyl (C=O) groups is 1. The minimum atomic E-state index is -0.408. The maximum absolute atomic E-state index is 12.1. The van der Waals surface area contributed by atoms with Gasteiger partial charge < -0.3 is 10.1 Å². The van der Waals surface area contributed by atoms with Gasteiger partial charge in [-0.25, -0.2) is 14.3 Å². The largest absolute Gasteiger partial charge is 0.462 e. The van der Waals surface area contributed by atoms with Crippen LogP contribution in [0.3, 0.4) is 0 Å². The fourth-order valence-electron chi connectivity index (χ4n) is 2.44. The number of hydrogen-bond acceptors (Lipinski definition) is 6. The molecule has 0 aliphatic heterocycles. The lowest BCUT2D eigenvalue weighted by Crippen LogP contribution is -2.15. The fraction of sp³-hybridized carbons (Fsp3) is 0.294. The molecule has 3 aromatic rings. The van der Waals surface area contributed by atoms with E-state index in [4.69, 9.17) is 16.3 Å². The number of nitrogens with zero attached hydrogens (tertiary/aromatic N) is 4. The predicted molar refractivity (Wildman–Crippen MR) is 95.9 cm³/mol. The van der Waals surface area contributed by atoms with Gasteiger partial charge in [-0.05, 0) is 26.8 Å². The van der Waals surface area contributed by atoms with Crippen LogP contribution in [0.2, 0.25) is 5.02 Å². The minimum Gasteiger partial charge on any atom is -0.462 e. The molecule has 0 bridgehead atoms. The molecule has 0 amide bonds. The highest BCUT2D eigenvalue weighted by atomic mass is 35.5. The maximum Gasteiger partial charge on any atom is 0.341 e. The number of pyridine rings is 1. The highest BCUT2D eigenvalue weighted by Gasteiger charge is 2.17. The summed E-state index contributed by atoms with van der Waals surface area (Å²) in [5.41, 5.74) is 3.09. The Bertz CT molecular complexity index is 923. The van der Waals surface area contributed by atoms with Crippen LogP contribution in [0.25, 0.3) is 16.9 Å². The third-order valence-corrected chi connectivity index (χ3v) is 3.64. The molecule has 8 heteroatoms. The first-order chi connectivity index (χ1) is 12.0. The summed E-state index contributed by atoms with van der Waals surface area (Å²) in [4.78, 5) is 20.9. The van der Waals surface area contributed by atoms with Crippen molar-refractivity contribution in [2.24, 2.45) is 0 Å². The third-order valence-electron chi connectivity index (χ3n) is 3.44. The highest BCUT2D eigenvalue weighted by Crippen LogP contribution is 2.27. The quantitative estimate of drug-likeness (QED) is 0.703. The lowest BCUT2D eigenvalue weighted by atomic mass is 10.1. The zero-order chi connectivity index (χ0) is 18.0. The number of esters is 1. The molecular weight excluding hydrogens is 342 g/mol. The van der Waals surface area contributed by atoms with Gasteiger partial charge in [-0.2, -0.15) is 5.10 Å². The maximum atomic E-state index is 12.1. The SMILES string of the molecule is CCOC(=O)c1cnc(-c2cnn3cc(Cl)cnc23)cc1NC(C)C. The molecule has 25 heavy (non-hydrogen) atoms. The summed E-state index contributed by atoms with van der Waals surface area (Å²) < 4.78 is 6.69. The second-order valence-corrected chi connectivity index (χ2v) is 6.17. The van der Waals surface area contributed by atoms with Crippen molar-refractivity contribution in [1.82, 2.24) is 19.6 Å². The summed E-state index contributed by atoms with van der Waals surface area (Å²) in [6.45, 7) is 6.06. The van der Waals surface area contributed by atoms with E-state index in [-0.39, 0.29) is 6.04 Å². The zero-order valence-electron chi connectivity index (χ0n) is 14.2. The van der Waals surface area contributed by atoms with E-state index in [1.165, 1.54) is 6.20 Å². The number of rotatable bonds is 5. The average molecular weight is 360 g/mol. The normalized spacial score (nSPS) is 11.1. The van der Waals surface area contributed by atoms with Crippen molar-refractivity contribution in [2.75, 3.05) is 11.9 Å². The molecule has 3 aromatic heterocycles. The van der Waals surface area contributed by atoms with Gasteiger partial charge in [0.1, 0.15) is 5.56 Å². The van der Waals surface area contributed by atoms with E-state index in [0.29, 0.717) is 34.2 Å². The van der Waals surface area contributed by atoms with E-state index in [1.54, 1.807) is 36.1 Å². The summed E-state index contributed by atoms with van der Waals surface area (Å²) in [7, 11) is 0. The number of ether oxygens (including phenoxy) is 1. The molecule has 130 valence electrons. The molecule has 0 spiro atoms. The van der Waals surface area contributed by atoms with Crippen molar-refractivity contribution in [1.29, 1.82) is 0 Å². The van der Waals surface area contributed by atoms with Crippen LogP contribution in [-0.4, -0.2) is 38.2 Å². The lowest BCUT2D eigenvalue weighted by Gasteiger charge is -2.14. The van der Waals surface area contributed by atoms with E-state index in [0.717, 1.165) is 5.56 Å². The van der Waals surface area contributed by atoms with Crippen molar-refractivity contribution in [3.63, 3.8) is 0 Å². The molecule has 0 saturated heterocycles. The molecular formula is C17H18ClN5O2. The van der Waals surface area contributed by atoms with Gasteiger partial charge in [0.15, 0.2) is 5.65 Å². The molecule has 0 radical (unpaired) electrons. The van der Waals surface area contributed by atoms with Gasteiger partial charge in [0, 0.05) is 18.4 Å². The summed E-state index contributed by atoms with van der Waals surface area (Å²) in [5, 5.41) is 8.01. The van der Waals surface area contributed by atoms with Crippen LogP contribution in [0.4, 0.5) is 5.69 Å². The van der Waals surface area contributed by atoms with Crippen LogP contribution < -0.4 is 5.32 Å². The molecule has 7 nitrogen and oxygen atoms in total. The standard InChI is InChI=1S/C17H18ClN5O2/c1-4-25-17(24)13-7-19-14(5-15(13)22-10(2)3)12-8-21-23-9-11(18)6-20-16(12)23/h5-10H,4H2,1-3H3,(H,19,22). The van der Waals surface area contributed by atoms with Crippen molar-refractivity contribution in [3.05, 3.63) is 41.4 Å². The molecule has 0 aliphatic rings. The number of anilines is 1. The average Bonchev–Trinajstić information content (AvgIpc) is 2.97. The Morgan fingerprint density at radius 3 is 2.84 bits per heavy atom. The number of hydrogen-bond donors (Lipinski definition) is 1. The van der Waals surface area contributed by atoms with Crippen molar-refractivity contribution in [2.45, 2.75) is 26.8 Å². The summed E-state index contributed by atoms with van der Waals surface area (Å²) in [6, 6.07) is 1.95. The van der Waals surface area contributed by atoms with Crippen LogP contribution >= 0.6 is 11.6 Å². The smallest absolute Gasteiger partial charge is 0.341 e.